The standard InChI is InChI=1S/C10H12ClFN4/c11-8-5-7(3-4-9(8)12)15-10(16-13)14-6-1-2-6/h3-6H,1-2,13H2,(H2,14,15,16). The number of halogens is 2. The molecule has 1 aliphatic carbocycles. The molecule has 0 aromatic heterocycles. The second-order valence-corrected chi connectivity index (χ2v) is 4.01. The van der Waals surface area contributed by atoms with E-state index in [9.17, 15) is 4.39 Å². The Kier molecular flexibility index (Phi) is 3.26. The van der Waals surface area contributed by atoms with Crippen molar-refractivity contribution >= 4 is 23.2 Å². The number of nitrogens with one attached hydrogen (secondary N) is 2. The first-order valence-electron chi connectivity index (χ1n) is 4.95. The summed E-state index contributed by atoms with van der Waals surface area (Å²) in [6.45, 7) is 0. The minimum absolute atomic E-state index is 0.0628. The van der Waals surface area contributed by atoms with Crippen LogP contribution in [-0.4, -0.2) is 12.0 Å². The van der Waals surface area contributed by atoms with Crippen LogP contribution in [0.3, 0.4) is 0 Å². The molecule has 4 N–H and O–H groups in total. The van der Waals surface area contributed by atoms with E-state index in [1.54, 1.807) is 6.07 Å². The number of anilines is 1. The molecule has 1 fully saturated rings. The average molecular weight is 243 g/mol. The van der Waals surface area contributed by atoms with Crippen molar-refractivity contribution in [2.75, 3.05) is 5.32 Å². The van der Waals surface area contributed by atoms with Crippen LogP contribution in [0.5, 0.6) is 0 Å². The van der Waals surface area contributed by atoms with Gasteiger partial charge in [-0.1, -0.05) is 11.6 Å². The topological polar surface area (TPSA) is 62.4 Å². The van der Waals surface area contributed by atoms with Gasteiger partial charge in [0.1, 0.15) is 5.82 Å². The van der Waals surface area contributed by atoms with E-state index in [-0.39, 0.29) is 5.02 Å². The highest BCUT2D eigenvalue weighted by molar-refractivity contribution is 6.31. The van der Waals surface area contributed by atoms with Crippen molar-refractivity contribution in [3.05, 3.63) is 29.0 Å². The minimum atomic E-state index is -0.450. The van der Waals surface area contributed by atoms with Gasteiger partial charge in [-0.05, 0) is 31.0 Å². The zero-order valence-electron chi connectivity index (χ0n) is 8.50. The van der Waals surface area contributed by atoms with Crippen LogP contribution in [0.1, 0.15) is 12.8 Å². The van der Waals surface area contributed by atoms with Crippen molar-refractivity contribution in [2.45, 2.75) is 18.9 Å². The number of guanidine groups is 1. The van der Waals surface area contributed by atoms with E-state index in [1.165, 1.54) is 12.1 Å². The summed E-state index contributed by atoms with van der Waals surface area (Å²) in [4.78, 5) is 4.29. The largest absolute Gasteiger partial charge is 0.325 e. The number of aliphatic imine (C=N–C) groups is 1. The summed E-state index contributed by atoms with van der Waals surface area (Å²) >= 11 is 5.65. The van der Waals surface area contributed by atoms with Gasteiger partial charge >= 0.3 is 0 Å². The molecule has 0 heterocycles. The van der Waals surface area contributed by atoms with E-state index in [4.69, 9.17) is 17.4 Å². The molecule has 0 spiro atoms. The first-order chi connectivity index (χ1) is 7.69. The monoisotopic (exact) mass is 242 g/mol. The minimum Gasteiger partial charge on any atom is -0.325 e. The second kappa shape index (κ2) is 4.67. The molecule has 4 nitrogen and oxygen atoms in total. The third kappa shape index (κ3) is 2.84. The van der Waals surface area contributed by atoms with E-state index >= 15 is 0 Å². The second-order valence-electron chi connectivity index (χ2n) is 3.61. The van der Waals surface area contributed by atoms with Crippen LogP contribution < -0.4 is 16.6 Å². The summed E-state index contributed by atoms with van der Waals surface area (Å²) < 4.78 is 12.9. The lowest BCUT2D eigenvalue weighted by Gasteiger charge is -2.09. The van der Waals surface area contributed by atoms with Crippen LogP contribution in [0.25, 0.3) is 0 Å². The van der Waals surface area contributed by atoms with Crippen LogP contribution in [0.2, 0.25) is 5.02 Å². The van der Waals surface area contributed by atoms with Crippen LogP contribution in [0.4, 0.5) is 10.1 Å². The number of benzene rings is 1. The van der Waals surface area contributed by atoms with Crippen LogP contribution in [0, 0.1) is 5.82 Å². The lowest BCUT2D eigenvalue weighted by Crippen LogP contribution is -2.36. The van der Waals surface area contributed by atoms with Gasteiger partial charge in [-0.2, -0.15) is 0 Å². The fraction of sp³-hybridized carbons (Fsp3) is 0.300. The Morgan fingerprint density at radius 2 is 2.25 bits per heavy atom. The zero-order valence-corrected chi connectivity index (χ0v) is 9.26. The van der Waals surface area contributed by atoms with Gasteiger partial charge in [0.25, 0.3) is 0 Å². The van der Waals surface area contributed by atoms with Gasteiger partial charge in [-0.3, -0.25) is 5.43 Å². The summed E-state index contributed by atoms with van der Waals surface area (Å²) in [6.07, 6.45) is 2.16. The van der Waals surface area contributed by atoms with Gasteiger partial charge < -0.3 is 5.32 Å². The SMILES string of the molecule is NNC(=NC1CC1)Nc1ccc(F)c(Cl)c1. The molecule has 2 rings (SSSR count). The molecule has 0 radical (unpaired) electrons. The van der Waals surface area contributed by atoms with Gasteiger partial charge in [0, 0.05) is 5.69 Å². The smallest absolute Gasteiger partial charge is 0.210 e. The predicted octanol–water partition coefficient (Wildman–Crippen LogP) is 1.87. The molecule has 6 heteroatoms. The van der Waals surface area contributed by atoms with E-state index in [1.807, 2.05) is 0 Å². The van der Waals surface area contributed by atoms with Crippen molar-refractivity contribution in [1.82, 2.24) is 5.43 Å². The van der Waals surface area contributed by atoms with Gasteiger partial charge in [-0.15, -0.1) is 0 Å². The number of nitrogens with zero attached hydrogens (tertiary/aromatic N) is 1. The van der Waals surface area contributed by atoms with Crippen LogP contribution in [0.15, 0.2) is 23.2 Å². The molecule has 16 heavy (non-hydrogen) atoms. The Balaban J connectivity index is 2.09. The maximum Gasteiger partial charge on any atom is 0.210 e. The molecule has 0 unspecified atom stereocenters. The van der Waals surface area contributed by atoms with Crippen LogP contribution >= 0.6 is 11.6 Å². The Labute approximate surface area is 97.7 Å². The summed E-state index contributed by atoms with van der Waals surface area (Å²) in [5, 5.41) is 2.99. The van der Waals surface area contributed by atoms with Gasteiger partial charge in [-0.25, -0.2) is 15.2 Å². The van der Waals surface area contributed by atoms with E-state index in [0.717, 1.165) is 12.8 Å². The lowest BCUT2D eigenvalue weighted by molar-refractivity contribution is 0.628. The first kappa shape index (κ1) is 11.2. The van der Waals surface area contributed by atoms with Crippen molar-refractivity contribution < 1.29 is 4.39 Å². The summed E-state index contributed by atoms with van der Waals surface area (Å²) in [6, 6.07) is 4.68. The normalized spacial score (nSPS) is 16.1. The Hall–Kier alpha value is -1.33. The predicted molar refractivity (Wildman–Crippen MR) is 62.8 cm³/mol. The number of rotatable bonds is 2. The molecule has 1 aliphatic rings. The van der Waals surface area contributed by atoms with Crippen LogP contribution in [-0.2, 0) is 0 Å². The summed E-state index contributed by atoms with van der Waals surface area (Å²) in [7, 11) is 0. The molecule has 0 saturated heterocycles. The van der Waals surface area contributed by atoms with E-state index < -0.39 is 5.82 Å². The Morgan fingerprint density at radius 3 is 2.81 bits per heavy atom. The zero-order chi connectivity index (χ0) is 11.5. The fourth-order valence-corrected chi connectivity index (χ4v) is 1.38. The number of hydrogen-bond donors (Lipinski definition) is 3. The molecule has 0 bridgehead atoms. The maximum absolute atomic E-state index is 12.9. The quantitative estimate of drug-likeness (QED) is 0.321. The third-order valence-electron chi connectivity index (χ3n) is 2.18. The molecule has 0 amide bonds. The van der Waals surface area contributed by atoms with Gasteiger partial charge in [0.15, 0.2) is 0 Å². The van der Waals surface area contributed by atoms with Crippen molar-refractivity contribution in [2.24, 2.45) is 10.8 Å². The molecule has 86 valence electrons. The average Bonchev–Trinajstić information content (AvgIpc) is 3.06. The number of nitrogens with two attached hydrogens (primary N) is 1. The van der Waals surface area contributed by atoms with Gasteiger partial charge in [0.05, 0.1) is 11.1 Å². The molecular formula is C10H12ClFN4. The maximum atomic E-state index is 12.9. The third-order valence-corrected chi connectivity index (χ3v) is 2.47. The molecule has 1 aromatic rings. The highest BCUT2D eigenvalue weighted by Gasteiger charge is 2.21. The molecule has 1 saturated carbocycles. The van der Waals surface area contributed by atoms with E-state index in [2.05, 4.69) is 15.7 Å². The van der Waals surface area contributed by atoms with Crippen molar-refractivity contribution in [3.8, 4) is 0 Å². The highest BCUT2D eigenvalue weighted by Crippen LogP contribution is 2.24. The number of hydrazine groups is 1. The summed E-state index contributed by atoms with van der Waals surface area (Å²) in [5.41, 5.74) is 3.10. The van der Waals surface area contributed by atoms with Crippen molar-refractivity contribution in [3.63, 3.8) is 0 Å². The fourth-order valence-electron chi connectivity index (χ4n) is 1.20. The Bertz CT molecular complexity index is 417. The van der Waals surface area contributed by atoms with E-state index in [0.29, 0.717) is 17.7 Å². The Morgan fingerprint density at radius 1 is 1.50 bits per heavy atom. The molecule has 0 atom stereocenters. The highest BCUT2D eigenvalue weighted by atomic mass is 35.5. The molecule has 1 aromatic carbocycles. The molecular weight excluding hydrogens is 231 g/mol. The first-order valence-corrected chi connectivity index (χ1v) is 5.33. The number of hydrogen-bond acceptors (Lipinski definition) is 2. The van der Waals surface area contributed by atoms with Crippen molar-refractivity contribution in [1.29, 1.82) is 0 Å². The van der Waals surface area contributed by atoms with Gasteiger partial charge in [0.2, 0.25) is 5.96 Å². The summed E-state index contributed by atoms with van der Waals surface area (Å²) in [5.74, 6) is 5.33. The lowest BCUT2D eigenvalue weighted by atomic mass is 10.3. The molecule has 0 aliphatic heterocycles.